The Morgan fingerprint density at radius 1 is 1.26 bits per heavy atom. The molecule has 120 valence electrons. The van der Waals surface area contributed by atoms with Gasteiger partial charge in [-0.1, -0.05) is 15.9 Å². The van der Waals surface area contributed by atoms with Crippen molar-refractivity contribution >= 4 is 33.3 Å². The molecule has 1 N–H and O–H groups in total. The summed E-state index contributed by atoms with van der Waals surface area (Å²) < 4.78 is 6.34. The highest BCUT2D eigenvalue weighted by atomic mass is 79.9. The Balaban J connectivity index is 1.68. The van der Waals surface area contributed by atoms with Crippen LogP contribution in [0.15, 0.2) is 41.0 Å². The Morgan fingerprint density at radius 3 is 2.70 bits per heavy atom. The number of carbonyl (C=O) groups excluding carboxylic acids is 1. The van der Waals surface area contributed by atoms with Crippen LogP contribution in [-0.4, -0.2) is 42.1 Å². The minimum absolute atomic E-state index is 0.00633. The molecule has 1 saturated heterocycles. The number of hydrogen-bond donors (Lipinski definition) is 1. The lowest BCUT2D eigenvalue weighted by Crippen LogP contribution is -2.40. The Morgan fingerprint density at radius 2 is 2.04 bits per heavy atom. The van der Waals surface area contributed by atoms with Gasteiger partial charge in [0.2, 0.25) is 0 Å². The third-order valence-corrected chi connectivity index (χ3v) is 4.63. The number of benzene rings is 1. The largest absolute Gasteiger partial charge is 0.378 e. The Labute approximate surface area is 143 Å². The first-order valence-electron chi connectivity index (χ1n) is 7.50. The van der Waals surface area contributed by atoms with Crippen LogP contribution in [0.2, 0.25) is 0 Å². The average Bonchev–Trinajstić information content (AvgIpc) is 2.59. The molecule has 0 aliphatic carbocycles. The van der Waals surface area contributed by atoms with Gasteiger partial charge in [0.15, 0.2) is 0 Å². The summed E-state index contributed by atoms with van der Waals surface area (Å²) in [4.78, 5) is 18.5. The van der Waals surface area contributed by atoms with Crippen molar-refractivity contribution in [2.24, 2.45) is 0 Å². The van der Waals surface area contributed by atoms with Crippen LogP contribution in [0.5, 0.6) is 0 Å². The third kappa shape index (κ3) is 3.89. The molecule has 0 atom stereocenters. The second kappa shape index (κ2) is 7.10. The summed E-state index contributed by atoms with van der Waals surface area (Å²) in [5.41, 5.74) is 2.71. The van der Waals surface area contributed by atoms with Gasteiger partial charge in [0, 0.05) is 29.4 Å². The van der Waals surface area contributed by atoms with Crippen molar-refractivity contribution in [3.8, 4) is 0 Å². The SMILES string of the molecule is Cc1cc(Nc2ccc(C(=O)N3CCOCC3)cn2)ccc1Br. The van der Waals surface area contributed by atoms with Crippen LogP contribution < -0.4 is 5.32 Å². The van der Waals surface area contributed by atoms with Gasteiger partial charge in [0.25, 0.3) is 5.91 Å². The van der Waals surface area contributed by atoms with E-state index in [0.29, 0.717) is 37.7 Å². The Hall–Kier alpha value is -1.92. The minimum Gasteiger partial charge on any atom is -0.378 e. The standard InChI is InChI=1S/C17H18BrN3O2/c1-12-10-14(3-4-15(12)18)20-16-5-2-13(11-19-16)17(22)21-6-8-23-9-7-21/h2-5,10-11H,6-9H2,1H3,(H,19,20). The summed E-state index contributed by atoms with van der Waals surface area (Å²) in [7, 11) is 0. The van der Waals surface area contributed by atoms with E-state index in [4.69, 9.17) is 4.74 Å². The quantitative estimate of drug-likeness (QED) is 0.893. The molecule has 1 aromatic carbocycles. The maximum absolute atomic E-state index is 12.4. The summed E-state index contributed by atoms with van der Waals surface area (Å²) in [6, 6.07) is 9.64. The molecule has 23 heavy (non-hydrogen) atoms. The van der Waals surface area contributed by atoms with Crippen molar-refractivity contribution in [3.63, 3.8) is 0 Å². The highest BCUT2D eigenvalue weighted by Gasteiger charge is 2.18. The normalized spacial score (nSPS) is 14.6. The fourth-order valence-electron chi connectivity index (χ4n) is 2.41. The zero-order valence-electron chi connectivity index (χ0n) is 12.9. The van der Waals surface area contributed by atoms with Crippen LogP contribution in [-0.2, 0) is 4.74 Å². The monoisotopic (exact) mass is 375 g/mol. The number of nitrogens with zero attached hydrogens (tertiary/aromatic N) is 2. The van der Waals surface area contributed by atoms with Crippen molar-refractivity contribution < 1.29 is 9.53 Å². The fraction of sp³-hybridized carbons (Fsp3) is 0.294. The molecule has 5 nitrogen and oxygen atoms in total. The van der Waals surface area contributed by atoms with Gasteiger partial charge in [0.1, 0.15) is 5.82 Å². The number of amides is 1. The molecular weight excluding hydrogens is 358 g/mol. The first-order chi connectivity index (χ1) is 11.1. The first-order valence-corrected chi connectivity index (χ1v) is 8.29. The van der Waals surface area contributed by atoms with Gasteiger partial charge in [-0.15, -0.1) is 0 Å². The summed E-state index contributed by atoms with van der Waals surface area (Å²) in [6.07, 6.45) is 1.62. The first kappa shape index (κ1) is 16.0. The van der Waals surface area contributed by atoms with E-state index in [9.17, 15) is 4.79 Å². The number of rotatable bonds is 3. The molecule has 0 radical (unpaired) electrons. The van der Waals surface area contributed by atoms with Gasteiger partial charge in [-0.25, -0.2) is 4.98 Å². The highest BCUT2D eigenvalue weighted by molar-refractivity contribution is 9.10. The number of hydrogen-bond acceptors (Lipinski definition) is 4. The maximum atomic E-state index is 12.4. The molecule has 6 heteroatoms. The van der Waals surface area contributed by atoms with Gasteiger partial charge >= 0.3 is 0 Å². The van der Waals surface area contributed by atoms with Crippen molar-refractivity contribution in [2.75, 3.05) is 31.6 Å². The molecule has 2 heterocycles. The van der Waals surface area contributed by atoms with E-state index < -0.39 is 0 Å². The number of morpholine rings is 1. The number of carbonyl (C=O) groups is 1. The molecule has 0 unspecified atom stereocenters. The number of pyridine rings is 1. The topological polar surface area (TPSA) is 54.5 Å². The van der Waals surface area contributed by atoms with E-state index >= 15 is 0 Å². The number of aromatic nitrogens is 1. The molecule has 1 aliphatic rings. The van der Waals surface area contributed by atoms with Crippen molar-refractivity contribution in [1.29, 1.82) is 0 Å². The second-order valence-electron chi connectivity index (χ2n) is 5.43. The van der Waals surface area contributed by atoms with Gasteiger partial charge in [0.05, 0.1) is 18.8 Å². The number of aryl methyl sites for hydroxylation is 1. The molecule has 0 saturated carbocycles. The zero-order chi connectivity index (χ0) is 16.2. The molecule has 1 aromatic heterocycles. The van der Waals surface area contributed by atoms with E-state index in [0.717, 1.165) is 15.7 Å². The van der Waals surface area contributed by atoms with Gasteiger partial charge < -0.3 is 15.0 Å². The van der Waals surface area contributed by atoms with Gasteiger partial charge in [-0.2, -0.15) is 0 Å². The second-order valence-corrected chi connectivity index (χ2v) is 6.28. The van der Waals surface area contributed by atoms with E-state index in [1.165, 1.54) is 0 Å². The minimum atomic E-state index is 0.00633. The smallest absolute Gasteiger partial charge is 0.255 e. The van der Waals surface area contributed by atoms with Crippen LogP contribution in [0.4, 0.5) is 11.5 Å². The molecule has 3 rings (SSSR count). The Kier molecular flexibility index (Phi) is 4.93. The molecule has 0 bridgehead atoms. The van der Waals surface area contributed by atoms with E-state index in [2.05, 4.69) is 26.2 Å². The molecule has 0 spiro atoms. The third-order valence-electron chi connectivity index (χ3n) is 3.74. The maximum Gasteiger partial charge on any atom is 0.255 e. The summed E-state index contributed by atoms with van der Waals surface area (Å²) >= 11 is 3.48. The van der Waals surface area contributed by atoms with Crippen LogP contribution in [0.25, 0.3) is 0 Å². The molecule has 1 aliphatic heterocycles. The summed E-state index contributed by atoms with van der Waals surface area (Å²) in [5.74, 6) is 0.720. The number of halogens is 1. The van der Waals surface area contributed by atoms with Crippen molar-refractivity contribution in [2.45, 2.75) is 6.92 Å². The van der Waals surface area contributed by atoms with Gasteiger partial charge in [-0.3, -0.25) is 4.79 Å². The average molecular weight is 376 g/mol. The van der Waals surface area contributed by atoms with E-state index in [-0.39, 0.29) is 5.91 Å². The molecule has 1 amide bonds. The summed E-state index contributed by atoms with van der Waals surface area (Å²) in [6.45, 7) is 4.50. The molecule has 2 aromatic rings. The van der Waals surface area contributed by atoms with Crippen molar-refractivity contribution in [1.82, 2.24) is 9.88 Å². The number of nitrogens with one attached hydrogen (secondary N) is 1. The Bertz CT molecular complexity index is 697. The van der Waals surface area contributed by atoms with Crippen LogP contribution in [0.3, 0.4) is 0 Å². The van der Waals surface area contributed by atoms with Crippen LogP contribution >= 0.6 is 15.9 Å². The van der Waals surface area contributed by atoms with Crippen molar-refractivity contribution in [3.05, 3.63) is 52.1 Å². The van der Waals surface area contributed by atoms with Crippen LogP contribution in [0, 0.1) is 6.92 Å². The van der Waals surface area contributed by atoms with E-state index in [1.807, 2.05) is 31.2 Å². The number of anilines is 2. The predicted molar refractivity (Wildman–Crippen MR) is 93.1 cm³/mol. The lowest BCUT2D eigenvalue weighted by Gasteiger charge is -2.26. The van der Waals surface area contributed by atoms with Gasteiger partial charge in [-0.05, 0) is 42.8 Å². The highest BCUT2D eigenvalue weighted by Crippen LogP contribution is 2.22. The molecular formula is C17H18BrN3O2. The lowest BCUT2D eigenvalue weighted by molar-refractivity contribution is 0.0302. The number of ether oxygens (including phenoxy) is 1. The molecule has 1 fully saturated rings. The van der Waals surface area contributed by atoms with E-state index in [1.54, 1.807) is 17.2 Å². The fourth-order valence-corrected chi connectivity index (χ4v) is 2.66. The van der Waals surface area contributed by atoms with Crippen LogP contribution in [0.1, 0.15) is 15.9 Å². The summed E-state index contributed by atoms with van der Waals surface area (Å²) in [5, 5.41) is 3.24. The lowest BCUT2D eigenvalue weighted by atomic mass is 10.2. The zero-order valence-corrected chi connectivity index (χ0v) is 14.5. The predicted octanol–water partition coefficient (Wildman–Crippen LogP) is 3.37.